The first-order chi connectivity index (χ1) is 8.06. The molecule has 0 saturated carbocycles. The Morgan fingerprint density at radius 2 is 2.00 bits per heavy atom. The first-order valence-corrected chi connectivity index (χ1v) is 5.36. The van der Waals surface area contributed by atoms with Crippen LogP contribution in [0, 0.1) is 12.3 Å². The molecule has 4 heteroatoms. The van der Waals surface area contributed by atoms with Crippen LogP contribution in [0.5, 0.6) is 0 Å². The van der Waals surface area contributed by atoms with Crippen LogP contribution in [0.4, 0.5) is 5.69 Å². The summed E-state index contributed by atoms with van der Waals surface area (Å²) < 4.78 is 0. The highest BCUT2D eigenvalue weighted by Crippen LogP contribution is 2.14. The standard InChI is InChI=1S/C13H17N3O/c1-9-6-4-5-7-12(9)16-13(17)11(8-15-3)10(2)14/h4-8,14-15H,1-3H3,(H,16,17)/b11-8+,14-10?. The van der Waals surface area contributed by atoms with Gasteiger partial charge >= 0.3 is 0 Å². The second kappa shape index (κ2) is 5.84. The van der Waals surface area contributed by atoms with E-state index in [1.807, 2.05) is 31.2 Å². The van der Waals surface area contributed by atoms with Gasteiger partial charge in [-0.05, 0) is 25.5 Å². The number of para-hydroxylation sites is 1. The van der Waals surface area contributed by atoms with E-state index < -0.39 is 0 Å². The predicted octanol–water partition coefficient (Wildman–Crippen LogP) is 2.08. The largest absolute Gasteiger partial charge is 0.393 e. The fourth-order valence-corrected chi connectivity index (χ4v) is 1.39. The van der Waals surface area contributed by atoms with Crippen molar-refractivity contribution in [1.29, 1.82) is 5.41 Å². The van der Waals surface area contributed by atoms with Gasteiger partial charge in [-0.15, -0.1) is 0 Å². The summed E-state index contributed by atoms with van der Waals surface area (Å²) in [5, 5.41) is 13.1. The molecule has 17 heavy (non-hydrogen) atoms. The number of aryl methyl sites for hydroxylation is 1. The maximum absolute atomic E-state index is 11.9. The van der Waals surface area contributed by atoms with Crippen LogP contribution in [0.25, 0.3) is 0 Å². The van der Waals surface area contributed by atoms with Crippen molar-refractivity contribution < 1.29 is 4.79 Å². The summed E-state index contributed by atoms with van der Waals surface area (Å²) >= 11 is 0. The molecule has 0 saturated heterocycles. The molecule has 1 aromatic rings. The van der Waals surface area contributed by atoms with Gasteiger partial charge in [0, 0.05) is 24.6 Å². The van der Waals surface area contributed by atoms with Crippen LogP contribution in [0.15, 0.2) is 36.0 Å². The number of anilines is 1. The van der Waals surface area contributed by atoms with Crippen LogP contribution in [0.2, 0.25) is 0 Å². The summed E-state index contributed by atoms with van der Waals surface area (Å²) in [6.07, 6.45) is 1.52. The summed E-state index contributed by atoms with van der Waals surface area (Å²) in [5.74, 6) is -0.277. The van der Waals surface area contributed by atoms with Crippen LogP contribution in [0.1, 0.15) is 12.5 Å². The normalized spacial score (nSPS) is 10.9. The van der Waals surface area contributed by atoms with Gasteiger partial charge in [0.1, 0.15) is 0 Å². The van der Waals surface area contributed by atoms with Crippen molar-refractivity contribution in [3.8, 4) is 0 Å². The zero-order valence-electron chi connectivity index (χ0n) is 10.3. The quantitative estimate of drug-likeness (QED) is 0.548. The second-order valence-electron chi connectivity index (χ2n) is 3.74. The van der Waals surface area contributed by atoms with Gasteiger partial charge in [-0.1, -0.05) is 18.2 Å². The molecule has 0 atom stereocenters. The number of hydrogen-bond donors (Lipinski definition) is 3. The topological polar surface area (TPSA) is 65.0 Å². The van der Waals surface area contributed by atoms with E-state index in [-0.39, 0.29) is 11.6 Å². The van der Waals surface area contributed by atoms with Crippen LogP contribution in [0.3, 0.4) is 0 Å². The van der Waals surface area contributed by atoms with Crippen molar-refractivity contribution in [3.05, 3.63) is 41.6 Å². The molecule has 0 aliphatic rings. The van der Waals surface area contributed by atoms with E-state index >= 15 is 0 Å². The summed E-state index contributed by atoms with van der Waals surface area (Å²) in [7, 11) is 1.70. The van der Waals surface area contributed by atoms with Crippen molar-refractivity contribution in [2.75, 3.05) is 12.4 Å². The molecule has 0 aliphatic heterocycles. The van der Waals surface area contributed by atoms with E-state index in [0.717, 1.165) is 11.3 Å². The van der Waals surface area contributed by atoms with Gasteiger partial charge in [0.05, 0.1) is 5.57 Å². The second-order valence-corrected chi connectivity index (χ2v) is 3.74. The number of amides is 1. The third kappa shape index (κ3) is 3.45. The molecule has 0 unspecified atom stereocenters. The van der Waals surface area contributed by atoms with E-state index in [2.05, 4.69) is 10.6 Å². The number of rotatable bonds is 4. The van der Waals surface area contributed by atoms with Crippen molar-refractivity contribution >= 4 is 17.3 Å². The average molecular weight is 231 g/mol. The third-order valence-electron chi connectivity index (χ3n) is 2.33. The van der Waals surface area contributed by atoms with Gasteiger partial charge < -0.3 is 16.0 Å². The van der Waals surface area contributed by atoms with Gasteiger partial charge in [0.25, 0.3) is 5.91 Å². The molecule has 0 aromatic heterocycles. The Morgan fingerprint density at radius 1 is 1.35 bits per heavy atom. The highest BCUT2D eigenvalue weighted by atomic mass is 16.1. The van der Waals surface area contributed by atoms with Crippen LogP contribution in [-0.4, -0.2) is 18.7 Å². The maximum atomic E-state index is 11.9. The Labute approximate surface area is 101 Å². The molecule has 90 valence electrons. The molecule has 4 nitrogen and oxygen atoms in total. The van der Waals surface area contributed by atoms with Gasteiger partial charge in [-0.25, -0.2) is 0 Å². The molecule has 1 aromatic carbocycles. The van der Waals surface area contributed by atoms with Gasteiger partial charge in [-0.3, -0.25) is 4.79 Å². The number of nitrogens with one attached hydrogen (secondary N) is 3. The first kappa shape index (κ1) is 13.0. The van der Waals surface area contributed by atoms with Crippen molar-refractivity contribution in [1.82, 2.24) is 5.32 Å². The highest BCUT2D eigenvalue weighted by molar-refractivity contribution is 6.23. The van der Waals surface area contributed by atoms with Crippen molar-refractivity contribution in [2.45, 2.75) is 13.8 Å². The molecular weight excluding hydrogens is 214 g/mol. The minimum absolute atomic E-state index is 0.227. The zero-order chi connectivity index (χ0) is 12.8. The van der Waals surface area contributed by atoms with E-state index in [4.69, 9.17) is 5.41 Å². The SMILES string of the molecule is CN/C=C(\C(C)=N)C(=O)Nc1ccccc1C. The molecule has 1 rings (SSSR count). The Bertz CT molecular complexity index is 463. The molecule has 1 amide bonds. The van der Waals surface area contributed by atoms with E-state index in [1.54, 1.807) is 14.0 Å². The summed E-state index contributed by atoms with van der Waals surface area (Å²) in [5.41, 5.74) is 2.31. The fourth-order valence-electron chi connectivity index (χ4n) is 1.39. The number of carbonyl (C=O) groups is 1. The molecule has 0 spiro atoms. The van der Waals surface area contributed by atoms with E-state index in [9.17, 15) is 4.79 Å². The minimum atomic E-state index is -0.277. The molecule has 0 heterocycles. The molecule has 3 N–H and O–H groups in total. The number of hydrogen-bond acceptors (Lipinski definition) is 3. The first-order valence-electron chi connectivity index (χ1n) is 5.36. The maximum Gasteiger partial charge on any atom is 0.258 e. The highest BCUT2D eigenvalue weighted by Gasteiger charge is 2.12. The third-order valence-corrected chi connectivity index (χ3v) is 2.33. The predicted molar refractivity (Wildman–Crippen MR) is 70.4 cm³/mol. The van der Waals surface area contributed by atoms with Crippen LogP contribution in [-0.2, 0) is 4.79 Å². The van der Waals surface area contributed by atoms with Crippen molar-refractivity contribution in [3.63, 3.8) is 0 Å². The minimum Gasteiger partial charge on any atom is -0.393 e. The Kier molecular flexibility index (Phi) is 4.46. The fraction of sp³-hybridized carbons (Fsp3) is 0.231. The Balaban J connectivity index is 2.89. The van der Waals surface area contributed by atoms with E-state index in [0.29, 0.717) is 5.57 Å². The molecular formula is C13H17N3O. The van der Waals surface area contributed by atoms with Crippen LogP contribution < -0.4 is 10.6 Å². The summed E-state index contributed by atoms with van der Waals surface area (Å²) in [6.45, 7) is 3.51. The molecule has 0 aliphatic carbocycles. The van der Waals surface area contributed by atoms with Crippen LogP contribution >= 0.6 is 0 Å². The van der Waals surface area contributed by atoms with Gasteiger partial charge in [0.2, 0.25) is 0 Å². The van der Waals surface area contributed by atoms with Gasteiger partial charge in [0.15, 0.2) is 0 Å². The molecule has 0 bridgehead atoms. The molecule has 0 fully saturated rings. The molecule has 0 radical (unpaired) electrons. The number of carbonyl (C=O) groups excluding carboxylic acids is 1. The van der Waals surface area contributed by atoms with Gasteiger partial charge in [-0.2, -0.15) is 0 Å². The Morgan fingerprint density at radius 3 is 2.53 bits per heavy atom. The Hall–Kier alpha value is -2.10. The monoisotopic (exact) mass is 231 g/mol. The lowest BCUT2D eigenvalue weighted by molar-refractivity contribution is -0.112. The zero-order valence-corrected chi connectivity index (χ0v) is 10.3. The lowest BCUT2D eigenvalue weighted by Gasteiger charge is -2.10. The van der Waals surface area contributed by atoms with Crippen molar-refractivity contribution in [2.24, 2.45) is 0 Å². The van der Waals surface area contributed by atoms with E-state index in [1.165, 1.54) is 6.20 Å². The average Bonchev–Trinajstić information content (AvgIpc) is 2.28. The summed E-state index contributed by atoms with van der Waals surface area (Å²) in [6, 6.07) is 7.54. The smallest absolute Gasteiger partial charge is 0.258 e. The number of benzene rings is 1. The summed E-state index contributed by atoms with van der Waals surface area (Å²) in [4.78, 5) is 11.9. The lowest BCUT2D eigenvalue weighted by atomic mass is 10.1. The lowest BCUT2D eigenvalue weighted by Crippen LogP contribution is -2.21.